The molecule has 1 aliphatic rings. The van der Waals surface area contributed by atoms with Gasteiger partial charge in [0, 0.05) is 38.9 Å². The number of methoxy groups -OCH3 is 1. The van der Waals surface area contributed by atoms with Crippen LogP contribution in [0.15, 0.2) is 30.5 Å². The Morgan fingerprint density at radius 2 is 1.96 bits per heavy atom. The number of carbonyl (C=O) groups excluding carboxylic acids is 1. The van der Waals surface area contributed by atoms with Crippen molar-refractivity contribution < 1.29 is 9.53 Å². The van der Waals surface area contributed by atoms with Gasteiger partial charge in [-0.25, -0.2) is 9.78 Å². The van der Waals surface area contributed by atoms with Crippen molar-refractivity contribution in [3.63, 3.8) is 0 Å². The van der Waals surface area contributed by atoms with E-state index >= 15 is 0 Å². The number of nitrogens with one attached hydrogen (secondary N) is 2. The first-order valence-corrected chi connectivity index (χ1v) is 9.08. The topological polar surface area (TPSA) is 82.6 Å². The van der Waals surface area contributed by atoms with E-state index in [0.29, 0.717) is 28.9 Å². The standard InChI is InChI=1S/C19H26N6O2/c1-24(2)17-16(13-20-18(23-17)25-10-5-4-6-11-25)22-19(26)21-14-8-7-9-15(12-14)27-3/h7-9,12-13H,4-6,10-11H2,1-3H3,(H2,21,22,26). The molecule has 1 fully saturated rings. The maximum atomic E-state index is 12.4. The summed E-state index contributed by atoms with van der Waals surface area (Å²) in [6.07, 6.45) is 5.23. The Balaban J connectivity index is 1.73. The van der Waals surface area contributed by atoms with Gasteiger partial charge < -0.3 is 25.2 Å². The molecule has 1 aromatic carbocycles. The van der Waals surface area contributed by atoms with E-state index < -0.39 is 0 Å². The molecular weight excluding hydrogens is 344 g/mol. The van der Waals surface area contributed by atoms with E-state index in [1.165, 1.54) is 6.42 Å². The second-order valence-corrected chi connectivity index (χ2v) is 6.66. The number of amides is 2. The maximum absolute atomic E-state index is 12.4. The zero-order valence-corrected chi connectivity index (χ0v) is 16.0. The van der Waals surface area contributed by atoms with Crippen LogP contribution in [0.4, 0.5) is 27.9 Å². The van der Waals surface area contributed by atoms with Crippen LogP contribution in [0.25, 0.3) is 0 Å². The van der Waals surface area contributed by atoms with Crippen molar-refractivity contribution in [2.75, 3.05) is 54.7 Å². The summed E-state index contributed by atoms with van der Waals surface area (Å²) in [4.78, 5) is 25.6. The Labute approximate surface area is 159 Å². The highest BCUT2D eigenvalue weighted by molar-refractivity contribution is 6.01. The van der Waals surface area contributed by atoms with Gasteiger partial charge in [-0.2, -0.15) is 4.98 Å². The predicted octanol–water partition coefficient (Wildman–Crippen LogP) is 3.19. The third kappa shape index (κ3) is 4.78. The lowest BCUT2D eigenvalue weighted by Crippen LogP contribution is -2.31. The zero-order valence-electron chi connectivity index (χ0n) is 16.0. The van der Waals surface area contributed by atoms with Crippen LogP contribution in [0.1, 0.15) is 19.3 Å². The molecule has 8 nitrogen and oxygen atoms in total. The Morgan fingerprint density at radius 1 is 1.19 bits per heavy atom. The SMILES string of the molecule is COc1cccc(NC(=O)Nc2cnc(N3CCCCC3)nc2N(C)C)c1. The lowest BCUT2D eigenvalue weighted by atomic mass is 10.1. The molecule has 2 amide bonds. The smallest absolute Gasteiger partial charge is 0.323 e. The van der Waals surface area contributed by atoms with Crippen molar-refractivity contribution in [2.24, 2.45) is 0 Å². The van der Waals surface area contributed by atoms with Gasteiger partial charge in [0.25, 0.3) is 0 Å². The normalized spacial score (nSPS) is 13.8. The zero-order chi connectivity index (χ0) is 19.2. The number of urea groups is 1. The molecule has 0 spiro atoms. The van der Waals surface area contributed by atoms with Crippen LogP contribution < -0.4 is 25.2 Å². The highest BCUT2D eigenvalue weighted by Crippen LogP contribution is 2.25. The number of nitrogens with zero attached hydrogens (tertiary/aromatic N) is 4. The van der Waals surface area contributed by atoms with Crippen LogP contribution in [-0.4, -0.2) is 50.3 Å². The van der Waals surface area contributed by atoms with E-state index in [1.54, 1.807) is 25.4 Å². The Bertz CT molecular complexity index is 790. The molecule has 0 aliphatic carbocycles. The summed E-state index contributed by atoms with van der Waals surface area (Å²) in [6, 6.07) is 6.82. The van der Waals surface area contributed by atoms with Crippen LogP contribution in [-0.2, 0) is 0 Å². The monoisotopic (exact) mass is 370 g/mol. The number of carbonyl (C=O) groups is 1. The van der Waals surface area contributed by atoms with Gasteiger partial charge in [-0.3, -0.25) is 0 Å². The molecule has 1 saturated heterocycles. The first-order valence-electron chi connectivity index (χ1n) is 9.08. The minimum absolute atomic E-state index is 0.360. The Hall–Kier alpha value is -3.03. The lowest BCUT2D eigenvalue weighted by molar-refractivity contribution is 0.262. The number of hydrogen-bond acceptors (Lipinski definition) is 6. The molecular formula is C19H26N6O2. The fourth-order valence-corrected chi connectivity index (χ4v) is 3.02. The van der Waals surface area contributed by atoms with Gasteiger partial charge in [0.2, 0.25) is 5.95 Å². The average Bonchev–Trinajstić information content (AvgIpc) is 2.69. The summed E-state index contributed by atoms with van der Waals surface area (Å²) >= 11 is 0. The molecule has 0 unspecified atom stereocenters. The van der Waals surface area contributed by atoms with E-state index in [2.05, 4.69) is 25.5 Å². The molecule has 0 radical (unpaired) electrons. The summed E-state index contributed by atoms with van der Waals surface area (Å²) in [7, 11) is 5.38. The summed E-state index contributed by atoms with van der Waals surface area (Å²) in [5.74, 6) is 2.06. The van der Waals surface area contributed by atoms with Gasteiger partial charge in [0.15, 0.2) is 5.82 Å². The van der Waals surface area contributed by atoms with Crippen molar-refractivity contribution in [3.05, 3.63) is 30.5 Å². The number of anilines is 4. The number of benzene rings is 1. The number of aromatic nitrogens is 2. The van der Waals surface area contributed by atoms with Crippen LogP contribution >= 0.6 is 0 Å². The number of rotatable bonds is 5. The van der Waals surface area contributed by atoms with Crippen LogP contribution in [0.2, 0.25) is 0 Å². The average molecular weight is 370 g/mol. The molecule has 2 aromatic rings. The summed E-state index contributed by atoms with van der Waals surface area (Å²) in [5.41, 5.74) is 1.20. The van der Waals surface area contributed by atoms with Gasteiger partial charge in [-0.15, -0.1) is 0 Å². The third-order valence-corrected chi connectivity index (χ3v) is 4.39. The molecule has 3 rings (SSSR count). The highest BCUT2D eigenvalue weighted by atomic mass is 16.5. The van der Waals surface area contributed by atoms with Crippen molar-refractivity contribution in [1.82, 2.24) is 9.97 Å². The predicted molar refractivity (Wildman–Crippen MR) is 108 cm³/mol. The Kier molecular flexibility index (Phi) is 5.95. The summed E-state index contributed by atoms with van der Waals surface area (Å²) in [6.45, 7) is 1.94. The lowest BCUT2D eigenvalue weighted by Gasteiger charge is -2.28. The van der Waals surface area contributed by atoms with Crippen molar-refractivity contribution >= 4 is 29.2 Å². The van der Waals surface area contributed by atoms with Gasteiger partial charge in [-0.1, -0.05) is 6.07 Å². The van der Waals surface area contributed by atoms with E-state index in [-0.39, 0.29) is 6.03 Å². The summed E-state index contributed by atoms with van der Waals surface area (Å²) < 4.78 is 5.17. The molecule has 2 N–H and O–H groups in total. The van der Waals surface area contributed by atoms with E-state index in [1.807, 2.05) is 31.1 Å². The molecule has 144 valence electrons. The van der Waals surface area contributed by atoms with Gasteiger partial charge in [-0.05, 0) is 31.4 Å². The van der Waals surface area contributed by atoms with Crippen LogP contribution in [0.5, 0.6) is 5.75 Å². The fraction of sp³-hybridized carbons (Fsp3) is 0.421. The van der Waals surface area contributed by atoms with Gasteiger partial charge in [0.05, 0.1) is 13.3 Å². The molecule has 2 heterocycles. The van der Waals surface area contributed by atoms with Crippen LogP contribution in [0.3, 0.4) is 0 Å². The fourth-order valence-electron chi connectivity index (χ4n) is 3.02. The first-order chi connectivity index (χ1) is 13.1. The molecule has 8 heteroatoms. The second kappa shape index (κ2) is 8.57. The number of piperidine rings is 1. The third-order valence-electron chi connectivity index (χ3n) is 4.39. The van der Waals surface area contributed by atoms with Crippen molar-refractivity contribution in [3.8, 4) is 5.75 Å². The van der Waals surface area contributed by atoms with E-state index in [0.717, 1.165) is 25.9 Å². The van der Waals surface area contributed by atoms with Gasteiger partial charge >= 0.3 is 6.03 Å². The van der Waals surface area contributed by atoms with E-state index in [4.69, 9.17) is 4.74 Å². The Morgan fingerprint density at radius 3 is 2.67 bits per heavy atom. The quantitative estimate of drug-likeness (QED) is 0.841. The molecule has 0 atom stereocenters. The minimum atomic E-state index is -0.360. The summed E-state index contributed by atoms with van der Waals surface area (Å²) in [5, 5.41) is 5.63. The van der Waals surface area contributed by atoms with Gasteiger partial charge in [0.1, 0.15) is 11.4 Å². The van der Waals surface area contributed by atoms with Crippen molar-refractivity contribution in [1.29, 1.82) is 0 Å². The minimum Gasteiger partial charge on any atom is -0.497 e. The molecule has 1 aromatic heterocycles. The largest absolute Gasteiger partial charge is 0.497 e. The maximum Gasteiger partial charge on any atom is 0.323 e. The highest BCUT2D eigenvalue weighted by Gasteiger charge is 2.17. The molecule has 27 heavy (non-hydrogen) atoms. The molecule has 1 aliphatic heterocycles. The first kappa shape index (κ1) is 18.8. The number of ether oxygens (including phenoxy) is 1. The number of hydrogen-bond donors (Lipinski definition) is 2. The molecule has 0 saturated carbocycles. The molecule has 0 bridgehead atoms. The van der Waals surface area contributed by atoms with E-state index in [9.17, 15) is 4.79 Å². The second-order valence-electron chi connectivity index (χ2n) is 6.66. The van der Waals surface area contributed by atoms with Crippen molar-refractivity contribution in [2.45, 2.75) is 19.3 Å². The van der Waals surface area contributed by atoms with Crippen LogP contribution in [0, 0.1) is 0 Å².